The summed E-state index contributed by atoms with van der Waals surface area (Å²) >= 11 is 0. The van der Waals surface area contributed by atoms with Crippen LogP contribution in [-0.4, -0.2) is 38.3 Å². The molecule has 3 heteroatoms. The fourth-order valence-corrected chi connectivity index (χ4v) is 1.84. The maximum atomic E-state index is 5.68. The number of nitrogens with zero attached hydrogens (tertiary/aromatic N) is 1. The summed E-state index contributed by atoms with van der Waals surface area (Å²) in [4.78, 5) is 2.31. The molecule has 1 heterocycles. The van der Waals surface area contributed by atoms with Gasteiger partial charge in [0.2, 0.25) is 0 Å². The van der Waals surface area contributed by atoms with Gasteiger partial charge in [-0.2, -0.15) is 0 Å². The Bertz CT molecular complexity index is 365. The van der Waals surface area contributed by atoms with Crippen molar-refractivity contribution in [2.75, 3.05) is 33.4 Å². The van der Waals surface area contributed by atoms with E-state index in [-0.39, 0.29) is 0 Å². The van der Waals surface area contributed by atoms with Gasteiger partial charge in [0, 0.05) is 13.0 Å². The lowest BCUT2D eigenvalue weighted by Gasteiger charge is -2.14. The van der Waals surface area contributed by atoms with E-state index in [1.165, 1.54) is 5.56 Å². The second-order valence-corrected chi connectivity index (χ2v) is 4.48. The predicted octanol–water partition coefficient (Wildman–Crippen LogP) is 2.34. The number of benzene rings is 1. The first-order valence-corrected chi connectivity index (χ1v) is 6.36. The monoisotopic (exact) mass is 235 g/mol. The molecule has 17 heavy (non-hydrogen) atoms. The Labute approximate surface area is 103 Å². The van der Waals surface area contributed by atoms with Gasteiger partial charge in [-0.25, -0.2) is 0 Å². The molecule has 1 aromatic carbocycles. The van der Waals surface area contributed by atoms with Crippen molar-refractivity contribution in [2.45, 2.75) is 19.8 Å². The van der Waals surface area contributed by atoms with E-state index in [0.717, 1.165) is 50.6 Å². The maximum absolute atomic E-state index is 5.68. The Balaban J connectivity index is 2.02. The quantitative estimate of drug-likeness (QED) is 0.799. The van der Waals surface area contributed by atoms with Crippen LogP contribution in [-0.2, 0) is 6.42 Å². The van der Waals surface area contributed by atoms with E-state index < -0.39 is 0 Å². The first-order chi connectivity index (χ1) is 8.29. The Morgan fingerprint density at radius 3 is 2.71 bits per heavy atom. The molecule has 94 valence electrons. The van der Waals surface area contributed by atoms with Crippen LogP contribution in [0.5, 0.6) is 11.5 Å². The summed E-state index contributed by atoms with van der Waals surface area (Å²) in [7, 11) is 2.14. The first kappa shape index (κ1) is 12.2. The fraction of sp³-hybridized carbons (Fsp3) is 0.571. The van der Waals surface area contributed by atoms with E-state index in [4.69, 9.17) is 9.47 Å². The first-order valence-electron chi connectivity index (χ1n) is 6.36. The summed E-state index contributed by atoms with van der Waals surface area (Å²) in [5.41, 5.74) is 1.31. The van der Waals surface area contributed by atoms with E-state index in [1.54, 1.807) is 0 Å². The maximum Gasteiger partial charge on any atom is 0.161 e. The van der Waals surface area contributed by atoms with Gasteiger partial charge >= 0.3 is 0 Å². The Hall–Kier alpha value is -1.22. The highest BCUT2D eigenvalue weighted by Gasteiger charge is 2.10. The molecule has 0 amide bonds. The van der Waals surface area contributed by atoms with Crippen molar-refractivity contribution in [1.82, 2.24) is 4.90 Å². The normalized spacial score (nSPS) is 14.8. The van der Waals surface area contributed by atoms with Gasteiger partial charge in [0.05, 0.1) is 13.2 Å². The number of hydrogen-bond donors (Lipinski definition) is 0. The van der Waals surface area contributed by atoms with Gasteiger partial charge in [-0.05, 0) is 37.7 Å². The number of fused-ring (bicyclic) bond motifs is 1. The zero-order chi connectivity index (χ0) is 12.1. The van der Waals surface area contributed by atoms with Crippen molar-refractivity contribution in [3.8, 4) is 11.5 Å². The highest BCUT2D eigenvalue weighted by Crippen LogP contribution is 2.30. The molecule has 0 N–H and O–H groups in total. The summed E-state index contributed by atoms with van der Waals surface area (Å²) in [5.74, 6) is 1.79. The van der Waals surface area contributed by atoms with Crippen LogP contribution in [0.25, 0.3) is 0 Å². The van der Waals surface area contributed by atoms with Crippen molar-refractivity contribution in [1.29, 1.82) is 0 Å². The molecule has 0 saturated heterocycles. The lowest BCUT2D eigenvalue weighted by molar-refractivity contribution is 0.297. The summed E-state index contributed by atoms with van der Waals surface area (Å²) in [6.07, 6.45) is 2.02. The lowest BCUT2D eigenvalue weighted by Crippen LogP contribution is -2.20. The minimum absolute atomic E-state index is 0.755. The molecule has 0 unspecified atom stereocenters. The standard InChI is InChI=1S/C14H21NO2/c1-3-15(2)8-7-12-5-6-13-14(11-12)17-10-4-9-16-13/h5-6,11H,3-4,7-10H2,1-2H3. The summed E-state index contributed by atoms with van der Waals surface area (Å²) < 4.78 is 11.3. The van der Waals surface area contributed by atoms with Crippen LogP contribution >= 0.6 is 0 Å². The third-order valence-corrected chi connectivity index (χ3v) is 3.13. The van der Waals surface area contributed by atoms with Gasteiger partial charge in [0.25, 0.3) is 0 Å². The van der Waals surface area contributed by atoms with Gasteiger partial charge in [-0.15, -0.1) is 0 Å². The van der Waals surface area contributed by atoms with Crippen LogP contribution in [0, 0.1) is 0 Å². The average molecular weight is 235 g/mol. The molecule has 0 saturated carbocycles. The SMILES string of the molecule is CCN(C)CCc1ccc2c(c1)OCCCO2. The molecule has 0 spiro atoms. The Morgan fingerprint density at radius 2 is 1.94 bits per heavy atom. The molecule has 0 fully saturated rings. The number of hydrogen-bond acceptors (Lipinski definition) is 3. The largest absolute Gasteiger partial charge is 0.490 e. The molecule has 0 aromatic heterocycles. The Morgan fingerprint density at radius 1 is 1.18 bits per heavy atom. The van der Waals surface area contributed by atoms with Gasteiger partial charge in [0.1, 0.15) is 0 Å². The van der Waals surface area contributed by atoms with Gasteiger partial charge in [0.15, 0.2) is 11.5 Å². The smallest absolute Gasteiger partial charge is 0.161 e. The number of rotatable bonds is 4. The van der Waals surface area contributed by atoms with Crippen LogP contribution < -0.4 is 9.47 Å². The second-order valence-electron chi connectivity index (χ2n) is 4.48. The zero-order valence-corrected chi connectivity index (χ0v) is 10.7. The van der Waals surface area contributed by atoms with Crippen LogP contribution in [0.4, 0.5) is 0 Å². The Kier molecular flexibility index (Phi) is 4.26. The minimum atomic E-state index is 0.755. The van der Waals surface area contributed by atoms with E-state index in [9.17, 15) is 0 Å². The van der Waals surface area contributed by atoms with Crippen molar-refractivity contribution in [3.05, 3.63) is 23.8 Å². The zero-order valence-electron chi connectivity index (χ0n) is 10.7. The molecular formula is C14H21NO2. The van der Waals surface area contributed by atoms with Crippen molar-refractivity contribution < 1.29 is 9.47 Å². The van der Waals surface area contributed by atoms with Crippen LogP contribution in [0.15, 0.2) is 18.2 Å². The highest BCUT2D eigenvalue weighted by molar-refractivity contribution is 5.43. The molecule has 0 atom stereocenters. The van der Waals surface area contributed by atoms with Crippen molar-refractivity contribution in [2.24, 2.45) is 0 Å². The molecule has 0 bridgehead atoms. The third kappa shape index (κ3) is 3.37. The van der Waals surface area contributed by atoms with Gasteiger partial charge < -0.3 is 14.4 Å². The lowest BCUT2D eigenvalue weighted by atomic mass is 10.1. The number of ether oxygens (including phenoxy) is 2. The van der Waals surface area contributed by atoms with Crippen LogP contribution in [0.2, 0.25) is 0 Å². The van der Waals surface area contributed by atoms with Crippen molar-refractivity contribution >= 4 is 0 Å². The van der Waals surface area contributed by atoms with E-state index in [0.29, 0.717) is 0 Å². The minimum Gasteiger partial charge on any atom is -0.490 e. The van der Waals surface area contributed by atoms with Crippen LogP contribution in [0.3, 0.4) is 0 Å². The molecule has 1 aliphatic rings. The number of likely N-dealkylation sites (N-methyl/N-ethyl adjacent to an activating group) is 1. The predicted molar refractivity (Wildman–Crippen MR) is 68.9 cm³/mol. The third-order valence-electron chi connectivity index (χ3n) is 3.13. The molecule has 1 aromatic rings. The summed E-state index contributed by atoms with van der Waals surface area (Å²) in [6, 6.07) is 6.28. The van der Waals surface area contributed by atoms with E-state index in [1.807, 2.05) is 6.07 Å². The highest BCUT2D eigenvalue weighted by atomic mass is 16.5. The molecule has 3 nitrogen and oxygen atoms in total. The molecule has 2 rings (SSSR count). The average Bonchev–Trinajstić information content (AvgIpc) is 2.60. The molecule has 1 aliphatic heterocycles. The molecular weight excluding hydrogens is 214 g/mol. The molecule has 0 aliphatic carbocycles. The topological polar surface area (TPSA) is 21.7 Å². The van der Waals surface area contributed by atoms with Crippen molar-refractivity contribution in [3.63, 3.8) is 0 Å². The second kappa shape index (κ2) is 5.92. The fourth-order valence-electron chi connectivity index (χ4n) is 1.84. The summed E-state index contributed by atoms with van der Waals surface area (Å²) in [5, 5.41) is 0. The van der Waals surface area contributed by atoms with E-state index >= 15 is 0 Å². The van der Waals surface area contributed by atoms with E-state index in [2.05, 4.69) is 31.0 Å². The summed E-state index contributed by atoms with van der Waals surface area (Å²) in [6.45, 7) is 5.85. The van der Waals surface area contributed by atoms with Gasteiger partial charge in [-0.3, -0.25) is 0 Å². The van der Waals surface area contributed by atoms with Crippen LogP contribution in [0.1, 0.15) is 18.9 Å². The molecule has 0 radical (unpaired) electrons. The van der Waals surface area contributed by atoms with Gasteiger partial charge in [-0.1, -0.05) is 13.0 Å².